The lowest BCUT2D eigenvalue weighted by Gasteiger charge is -2.52. The van der Waals surface area contributed by atoms with Gasteiger partial charge in [0.05, 0.1) is 23.6 Å². The largest absolute Gasteiger partial charge is 0.482 e. The second kappa shape index (κ2) is 21.0. The first-order valence-electron chi connectivity index (χ1n) is 27.2. The van der Waals surface area contributed by atoms with Crippen molar-refractivity contribution in [1.29, 1.82) is 0 Å². The van der Waals surface area contributed by atoms with Crippen molar-refractivity contribution in [3.8, 4) is 5.75 Å². The molecule has 6 fully saturated rings. The molecule has 6 saturated carbocycles. The molecule has 81 heavy (non-hydrogen) atoms. The number of fused-ring (bicyclic) bond motifs is 10. The van der Waals surface area contributed by atoms with E-state index in [1.165, 1.54) is 27.4 Å². The molecular weight excluding hydrogens is 1050 g/mol. The summed E-state index contributed by atoms with van der Waals surface area (Å²) in [6, 6.07) is 13.7. The van der Waals surface area contributed by atoms with Gasteiger partial charge in [0, 0.05) is 55.8 Å². The molecule has 2 aromatic carbocycles. The van der Waals surface area contributed by atoms with Gasteiger partial charge in [-0.3, -0.25) is 38.1 Å². The Bertz CT molecular complexity index is 3750. The summed E-state index contributed by atoms with van der Waals surface area (Å²) in [5, 5.41) is 25.3. The second-order valence-electron chi connectivity index (χ2n) is 22.9. The number of hydrogen-bond acceptors (Lipinski definition) is 14. The van der Waals surface area contributed by atoms with Crippen LogP contribution in [0, 0.1) is 22.1 Å². The maximum atomic E-state index is 14.5. The van der Waals surface area contributed by atoms with Gasteiger partial charge in [0.1, 0.15) is 40.4 Å². The van der Waals surface area contributed by atoms with Crippen molar-refractivity contribution in [1.82, 2.24) is 60.3 Å². The standard InChI is InChI=1S/C29H32FN7O5.C28H30N6O5/c1-16(25(39)36-29-8-5-28(2,6-9-29)7-10-29)33-27(41)21-12-20(35-24-18(30)14-32-37(21)24)26(40)31-13-17-3-4-22-19(11-17)34-23(38)15-42-22;1-17(35)28-9-6-27(7-10-28,8-11-28)16-30-25(37)21-14-19(32-23-5-12-31-34(21)23)24(36)29-15-18-3-4-22-20(13-18)33(2)26(38)39-22/h3-4,11-12,14,16H,5-10,13,15H2,1-2H3,(H,31,40)(H,33,41)(H,34,38)(H,36,39);3-5,12-14H,6-11,15-16H2,1-2H3,(H,29,36)(H,30,37)/t16-,28?,29?;/m0./s1. The van der Waals surface area contributed by atoms with Gasteiger partial charge in [-0.2, -0.15) is 10.2 Å². The highest BCUT2D eigenvalue weighted by molar-refractivity contribution is 6.01. The van der Waals surface area contributed by atoms with Gasteiger partial charge in [-0.15, -0.1) is 0 Å². The number of rotatable bonds is 14. The number of halogens is 1. The number of oxazole rings is 1. The third-order valence-electron chi connectivity index (χ3n) is 17.7. The van der Waals surface area contributed by atoms with E-state index < -0.39 is 35.3 Å². The minimum absolute atomic E-state index is 0.00289. The lowest BCUT2D eigenvalue weighted by atomic mass is 9.52. The van der Waals surface area contributed by atoms with Crippen molar-refractivity contribution in [3.05, 3.63) is 117 Å². The summed E-state index contributed by atoms with van der Waals surface area (Å²) in [6.45, 7) is 6.30. The van der Waals surface area contributed by atoms with Gasteiger partial charge in [0.15, 0.2) is 29.3 Å². The Morgan fingerprint density at radius 2 is 1.38 bits per heavy atom. The monoisotopic (exact) mass is 1110 g/mol. The van der Waals surface area contributed by atoms with Crippen LogP contribution >= 0.6 is 0 Å². The summed E-state index contributed by atoms with van der Waals surface area (Å²) in [7, 11) is 1.62. The smallest absolute Gasteiger partial charge is 0.419 e. The van der Waals surface area contributed by atoms with E-state index in [0.717, 1.165) is 93.3 Å². The third-order valence-corrected chi connectivity index (χ3v) is 17.7. The number of nitrogens with zero attached hydrogens (tertiary/aromatic N) is 7. The fourth-order valence-electron chi connectivity index (χ4n) is 12.2. The quantitative estimate of drug-likeness (QED) is 0.0812. The van der Waals surface area contributed by atoms with Crippen LogP contribution in [0.4, 0.5) is 10.1 Å². The minimum atomic E-state index is -0.878. The molecule has 7 aromatic rings. The Labute approximate surface area is 462 Å². The van der Waals surface area contributed by atoms with E-state index in [-0.39, 0.29) is 88.0 Å². The van der Waals surface area contributed by atoms with E-state index in [9.17, 15) is 42.7 Å². The van der Waals surface area contributed by atoms with E-state index in [0.29, 0.717) is 45.7 Å². The summed E-state index contributed by atoms with van der Waals surface area (Å²) >= 11 is 0. The molecule has 1 atom stereocenters. The molecule has 5 aromatic heterocycles. The maximum absolute atomic E-state index is 14.5. The second-order valence-corrected chi connectivity index (χ2v) is 22.9. The van der Waals surface area contributed by atoms with Gasteiger partial charge in [-0.25, -0.2) is 28.2 Å². The van der Waals surface area contributed by atoms with Gasteiger partial charge in [-0.05, 0) is 137 Å². The van der Waals surface area contributed by atoms with Crippen LogP contribution in [0.2, 0.25) is 0 Å². The van der Waals surface area contributed by atoms with E-state index in [4.69, 9.17) is 9.15 Å². The van der Waals surface area contributed by atoms with Gasteiger partial charge >= 0.3 is 5.76 Å². The first-order valence-corrected chi connectivity index (χ1v) is 27.2. The Morgan fingerprint density at radius 3 is 2.06 bits per heavy atom. The van der Waals surface area contributed by atoms with Crippen molar-refractivity contribution in [2.75, 3.05) is 18.5 Å². The van der Waals surface area contributed by atoms with Gasteiger partial charge in [-0.1, -0.05) is 19.1 Å². The lowest BCUT2D eigenvalue weighted by Crippen LogP contribution is -2.59. The van der Waals surface area contributed by atoms with Crippen molar-refractivity contribution < 1.29 is 47.1 Å². The predicted octanol–water partition coefficient (Wildman–Crippen LogP) is 5.24. The molecule has 6 amide bonds. The molecule has 422 valence electrons. The summed E-state index contributed by atoms with van der Waals surface area (Å²) in [4.78, 5) is 110. The Kier molecular flexibility index (Phi) is 14.0. The Balaban J connectivity index is 0.000000171. The van der Waals surface area contributed by atoms with Crippen molar-refractivity contribution in [2.45, 2.75) is 122 Å². The zero-order chi connectivity index (χ0) is 57.0. The highest BCUT2D eigenvalue weighted by Gasteiger charge is 2.51. The van der Waals surface area contributed by atoms with E-state index in [1.54, 1.807) is 63.4 Å². The molecule has 0 spiro atoms. The number of ether oxygens (including phenoxy) is 1. The molecule has 7 aliphatic rings. The number of Topliss-reactive ketones (excluding diaryl/α,β-unsaturated/α-hetero) is 1. The zero-order valence-corrected chi connectivity index (χ0v) is 45.3. The summed E-state index contributed by atoms with van der Waals surface area (Å²) in [5.74, 6) is -3.15. The number of carbonyl (C=O) groups is 7. The summed E-state index contributed by atoms with van der Waals surface area (Å²) in [5.41, 5.74) is 3.06. The van der Waals surface area contributed by atoms with Gasteiger partial charge < -0.3 is 41.1 Å². The SMILES string of the molecule is CC(=O)C12CCC(CNC(=O)c3cc(C(=O)NCc4ccc5oc(=O)n(C)c5c4)nc4ccnn34)(CC1)CC2.C[C@H](NC(=O)c1cc(C(=O)NCc2ccc3c(c2)NC(=O)CO3)nc2c(F)cnn12)C(=O)NC12CCC(C)(CC1)CC2. The number of nitrogens with one attached hydrogen (secondary N) is 6. The molecule has 6 aliphatic carbocycles. The van der Waals surface area contributed by atoms with Crippen LogP contribution in [0.3, 0.4) is 0 Å². The average Bonchev–Trinajstić information content (AvgIpc) is 4.29. The fourth-order valence-corrected chi connectivity index (χ4v) is 12.2. The van der Waals surface area contributed by atoms with Crippen molar-refractivity contribution >= 4 is 69.3 Å². The van der Waals surface area contributed by atoms with Crippen molar-refractivity contribution in [3.63, 3.8) is 0 Å². The van der Waals surface area contributed by atoms with E-state index in [2.05, 4.69) is 59.0 Å². The van der Waals surface area contributed by atoms with E-state index >= 15 is 0 Å². The van der Waals surface area contributed by atoms with Crippen LogP contribution in [0.15, 0.2) is 76.2 Å². The highest BCUT2D eigenvalue weighted by atomic mass is 19.1. The van der Waals surface area contributed by atoms with Crippen LogP contribution in [0.25, 0.3) is 22.4 Å². The number of amides is 6. The number of hydrogen-bond donors (Lipinski definition) is 6. The Morgan fingerprint density at radius 1 is 0.741 bits per heavy atom. The molecule has 6 heterocycles. The van der Waals surface area contributed by atoms with Crippen molar-refractivity contribution in [2.24, 2.45) is 23.3 Å². The molecule has 1 aliphatic heterocycles. The molecule has 0 radical (unpaired) electrons. The first-order chi connectivity index (χ1) is 38.7. The number of aromatic nitrogens is 7. The van der Waals surface area contributed by atoms with E-state index in [1.807, 2.05) is 0 Å². The summed E-state index contributed by atoms with van der Waals surface area (Å²) < 4.78 is 28.9. The molecule has 23 nitrogen and oxygen atoms in total. The predicted molar refractivity (Wildman–Crippen MR) is 289 cm³/mol. The Hall–Kier alpha value is -8.83. The molecule has 0 saturated heterocycles. The normalized spacial score (nSPS) is 22.9. The molecule has 24 heteroatoms. The molecular formula is C57H62FN13O10. The van der Waals surface area contributed by atoms with Crippen LogP contribution < -0.4 is 42.4 Å². The number of ketones is 1. The lowest BCUT2D eigenvalue weighted by molar-refractivity contribution is -0.135. The first kappa shape index (κ1) is 54.1. The van der Waals surface area contributed by atoms with Crippen LogP contribution in [-0.2, 0) is 34.5 Å². The number of anilines is 1. The molecule has 14 rings (SSSR count). The number of carbonyl (C=O) groups excluding carboxylic acids is 7. The van der Waals surface area contributed by atoms with Gasteiger partial charge in [0.2, 0.25) is 5.91 Å². The molecule has 4 bridgehead atoms. The number of aryl methyl sites for hydroxylation is 1. The zero-order valence-electron chi connectivity index (χ0n) is 45.3. The molecule has 0 unspecified atom stereocenters. The average molecular weight is 1110 g/mol. The molecule has 6 N–H and O–H groups in total. The minimum Gasteiger partial charge on any atom is -0.482 e. The van der Waals surface area contributed by atoms with Crippen LogP contribution in [0.1, 0.15) is 151 Å². The van der Waals surface area contributed by atoms with Crippen LogP contribution in [0.5, 0.6) is 5.75 Å². The van der Waals surface area contributed by atoms with Gasteiger partial charge in [0.25, 0.3) is 29.5 Å². The number of benzene rings is 2. The highest BCUT2D eigenvalue weighted by Crippen LogP contribution is 2.57. The third kappa shape index (κ3) is 10.7. The fraction of sp³-hybridized carbons (Fsp3) is 0.439. The maximum Gasteiger partial charge on any atom is 0.419 e. The summed E-state index contributed by atoms with van der Waals surface area (Å²) in [6.07, 6.45) is 13.8. The topological polar surface area (TPSA) is 296 Å². The van der Waals surface area contributed by atoms with Crippen LogP contribution in [-0.4, -0.2) is 99.7 Å².